The van der Waals surface area contributed by atoms with Gasteiger partial charge in [-0.15, -0.1) is 0 Å². The van der Waals surface area contributed by atoms with E-state index in [9.17, 15) is 5.11 Å². The fourth-order valence-electron chi connectivity index (χ4n) is 8.31. The average Bonchev–Trinajstić information content (AvgIpc) is 3.98. The number of allylic oxidation sites excluding steroid dienone is 2. The van der Waals surface area contributed by atoms with Crippen LogP contribution in [-0.2, 0) is 13.2 Å². The zero-order valence-corrected chi connectivity index (χ0v) is 36.7. The maximum atomic E-state index is 11.2. The highest BCUT2D eigenvalue weighted by Crippen LogP contribution is 2.42. The Morgan fingerprint density at radius 3 is 1.72 bits per heavy atom. The second-order valence-corrected chi connectivity index (χ2v) is 16.5. The van der Waals surface area contributed by atoms with E-state index in [4.69, 9.17) is 19.1 Å². The standard InChI is InChI=1S/C54H44BN6O4/c1-32-6-12-44(56-26-32)46-14-8-37(28-58-46)30-63-39-10-20-51(62)41(24-39)43-16-17-48(60-43)54(53-35(4)22-34(3)23-36(53)5)50-19-18-49-42-25-40(11-21-52(42)65-55-61(49)50)64-31-38-9-15-47(59-29-38)45-13-7-33(2)27-57-45/h6-29,62H,30-31H2,1-5H3/b54-48-. The summed E-state index contributed by atoms with van der Waals surface area (Å²) in [6.07, 6.45) is 11.3. The molecule has 2 aliphatic heterocycles. The molecular weight excluding hydrogens is 807 g/mol. The van der Waals surface area contributed by atoms with Crippen molar-refractivity contribution in [2.45, 2.75) is 47.8 Å². The summed E-state index contributed by atoms with van der Waals surface area (Å²) in [5.41, 5.74) is 17.5. The average molecular weight is 852 g/mol. The number of benzene rings is 3. The largest absolute Gasteiger partial charge is 0.542 e. The van der Waals surface area contributed by atoms with Gasteiger partial charge in [-0.25, -0.2) is 4.99 Å². The number of phenolic OH excluding ortho intramolecular Hbond substituents is 1. The molecular formula is C54H44BN6O4. The van der Waals surface area contributed by atoms with E-state index in [-0.39, 0.29) is 5.75 Å². The summed E-state index contributed by atoms with van der Waals surface area (Å²) in [4.78, 5) is 23.4. The summed E-state index contributed by atoms with van der Waals surface area (Å²) < 4.78 is 20.9. The number of rotatable bonds is 11. The number of pyridine rings is 4. The van der Waals surface area contributed by atoms with Crippen molar-refractivity contribution in [1.82, 2.24) is 24.4 Å². The lowest BCUT2D eigenvalue weighted by Gasteiger charge is -2.24. The number of phenols is 1. The van der Waals surface area contributed by atoms with Gasteiger partial charge >= 0.3 is 7.62 Å². The van der Waals surface area contributed by atoms with Crippen LogP contribution in [-0.4, -0.2) is 42.8 Å². The molecule has 0 spiro atoms. The third-order valence-corrected chi connectivity index (χ3v) is 11.6. The second kappa shape index (κ2) is 17.3. The Morgan fingerprint density at radius 2 is 1.15 bits per heavy atom. The van der Waals surface area contributed by atoms with Gasteiger partial charge in [0.05, 0.1) is 34.2 Å². The van der Waals surface area contributed by atoms with Crippen LogP contribution < -0.4 is 14.1 Å². The Labute approximate surface area is 378 Å². The van der Waals surface area contributed by atoms with Crippen LogP contribution in [0.25, 0.3) is 39.6 Å². The molecule has 0 saturated carbocycles. The predicted octanol–water partition coefficient (Wildman–Crippen LogP) is 11.1. The van der Waals surface area contributed by atoms with E-state index in [0.717, 1.165) is 95.7 Å². The fraction of sp³-hybridized carbons (Fsp3) is 0.130. The summed E-state index contributed by atoms with van der Waals surface area (Å²) >= 11 is 0. The molecule has 0 fully saturated rings. The van der Waals surface area contributed by atoms with Gasteiger partial charge in [-0.1, -0.05) is 42.0 Å². The van der Waals surface area contributed by atoms with Crippen molar-refractivity contribution in [2.75, 3.05) is 0 Å². The lowest BCUT2D eigenvalue weighted by molar-refractivity contribution is 0.305. The normalized spacial score (nSPS) is 13.3. The molecule has 0 unspecified atom stereocenters. The molecule has 2 aliphatic rings. The first-order chi connectivity index (χ1) is 31.6. The van der Waals surface area contributed by atoms with Crippen molar-refractivity contribution in [2.24, 2.45) is 4.99 Å². The Balaban J connectivity index is 0.929. The van der Waals surface area contributed by atoms with Gasteiger partial charge < -0.3 is 23.7 Å². The lowest BCUT2D eigenvalue weighted by Crippen LogP contribution is -2.22. The van der Waals surface area contributed by atoms with Crippen LogP contribution in [0.5, 0.6) is 23.0 Å². The topological polar surface area (TPSA) is 117 Å². The molecule has 0 saturated heterocycles. The zero-order valence-electron chi connectivity index (χ0n) is 36.7. The van der Waals surface area contributed by atoms with Crippen molar-refractivity contribution in [3.63, 3.8) is 0 Å². The molecule has 8 aromatic rings. The highest BCUT2D eigenvalue weighted by Gasteiger charge is 2.28. The van der Waals surface area contributed by atoms with E-state index in [2.05, 4.69) is 69.5 Å². The maximum absolute atomic E-state index is 11.2. The number of ether oxygens (including phenoxy) is 2. The summed E-state index contributed by atoms with van der Waals surface area (Å²) in [7, 11) is 1.75. The minimum Gasteiger partial charge on any atom is -0.542 e. The smallest absolute Gasteiger partial charge is 0.526 e. The summed E-state index contributed by atoms with van der Waals surface area (Å²) in [6, 6.07) is 35.6. The molecule has 1 radical (unpaired) electrons. The number of aliphatic imine (C=N–C) groups is 1. The molecule has 65 heavy (non-hydrogen) atoms. The molecule has 0 amide bonds. The van der Waals surface area contributed by atoms with Crippen LogP contribution in [0.2, 0.25) is 0 Å². The number of hydrogen-bond donors (Lipinski definition) is 1. The van der Waals surface area contributed by atoms with Crippen LogP contribution in [0.4, 0.5) is 0 Å². The highest BCUT2D eigenvalue weighted by molar-refractivity contribution is 6.30. The number of hydrogen-bond acceptors (Lipinski definition) is 9. The van der Waals surface area contributed by atoms with Gasteiger partial charge in [0.15, 0.2) is 0 Å². The zero-order chi connectivity index (χ0) is 44.6. The van der Waals surface area contributed by atoms with Crippen molar-refractivity contribution in [3.8, 4) is 57.0 Å². The highest BCUT2D eigenvalue weighted by atomic mass is 16.5. The third kappa shape index (κ3) is 8.44. The SMILES string of the molecule is Cc1ccc(-c2ccc(COc3ccc(O)c(C4=N/C(=C(\c5c(C)cc(C)cc5C)c5ccc6n5[B]Oc5ccc(OCc7ccc(-c8ccc(C)cn8)nc7)cc5-6)C=C4)c3)cn2)nc1. The monoisotopic (exact) mass is 851 g/mol. The van der Waals surface area contributed by atoms with Crippen molar-refractivity contribution in [3.05, 3.63) is 208 Å². The summed E-state index contributed by atoms with van der Waals surface area (Å²) in [5, 5.41) is 11.2. The Morgan fingerprint density at radius 1 is 0.585 bits per heavy atom. The molecule has 0 aliphatic carbocycles. The predicted molar refractivity (Wildman–Crippen MR) is 255 cm³/mol. The number of nitrogens with zero attached hydrogens (tertiary/aromatic N) is 6. The molecule has 317 valence electrons. The molecule has 0 bridgehead atoms. The van der Waals surface area contributed by atoms with E-state index in [1.54, 1.807) is 25.9 Å². The first kappa shape index (κ1) is 41.0. The number of aromatic nitrogens is 5. The number of aromatic hydroxyl groups is 1. The minimum absolute atomic E-state index is 0.104. The Kier molecular flexibility index (Phi) is 10.9. The van der Waals surface area contributed by atoms with Crippen molar-refractivity contribution >= 4 is 18.9 Å². The maximum Gasteiger partial charge on any atom is 0.526 e. The molecule has 10 nitrogen and oxygen atoms in total. The molecule has 1 N–H and O–H groups in total. The lowest BCUT2D eigenvalue weighted by atomic mass is 9.90. The van der Waals surface area contributed by atoms with E-state index in [1.165, 1.54) is 5.56 Å². The van der Waals surface area contributed by atoms with E-state index in [1.807, 2.05) is 117 Å². The molecule has 5 aromatic heterocycles. The molecule has 7 heterocycles. The van der Waals surface area contributed by atoms with Crippen LogP contribution in [0, 0.1) is 34.6 Å². The summed E-state index contributed by atoms with van der Waals surface area (Å²) in [6.45, 7) is 11.1. The quantitative estimate of drug-likeness (QED) is 0.128. The van der Waals surface area contributed by atoms with Crippen molar-refractivity contribution < 1.29 is 19.2 Å². The van der Waals surface area contributed by atoms with Crippen molar-refractivity contribution in [1.29, 1.82) is 0 Å². The first-order valence-electron chi connectivity index (χ1n) is 21.4. The van der Waals surface area contributed by atoms with Crippen LogP contribution >= 0.6 is 0 Å². The third-order valence-electron chi connectivity index (χ3n) is 11.6. The van der Waals surface area contributed by atoms with Gasteiger partial charge in [0.25, 0.3) is 0 Å². The van der Waals surface area contributed by atoms with Gasteiger partial charge in [0.1, 0.15) is 36.2 Å². The molecule has 11 heteroatoms. The van der Waals surface area contributed by atoms with Gasteiger partial charge in [-0.2, -0.15) is 0 Å². The van der Waals surface area contributed by atoms with E-state index < -0.39 is 0 Å². The van der Waals surface area contributed by atoms with E-state index in [0.29, 0.717) is 36.0 Å². The van der Waals surface area contributed by atoms with Crippen LogP contribution in [0.15, 0.2) is 157 Å². The number of aryl methyl sites for hydroxylation is 5. The first-order valence-corrected chi connectivity index (χ1v) is 21.4. The second-order valence-electron chi connectivity index (χ2n) is 16.5. The van der Waals surface area contributed by atoms with Crippen LogP contribution in [0.3, 0.4) is 0 Å². The van der Waals surface area contributed by atoms with Gasteiger partial charge in [0, 0.05) is 64.0 Å². The van der Waals surface area contributed by atoms with Crippen LogP contribution in [0.1, 0.15) is 55.8 Å². The van der Waals surface area contributed by atoms with Gasteiger partial charge in [-0.3, -0.25) is 19.9 Å². The summed E-state index contributed by atoms with van der Waals surface area (Å²) in [5.74, 6) is 2.14. The fourth-order valence-corrected chi connectivity index (χ4v) is 8.31. The van der Waals surface area contributed by atoms with Gasteiger partial charge in [-0.05, 0) is 147 Å². The minimum atomic E-state index is 0.104. The Bertz CT molecular complexity index is 3170. The number of fused-ring (bicyclic) bond motifs is 3. The molecule has 0 atom stereocenters. The van der Waals surface area contributed by atoms with E-state index >= 15 is 0 Å². The molecule has 3 aromatic carbocycles. The Hall–Kier alpha value is -8.05. The molecule has 10 rings (SSSR count). The van der Waals surface area contributed by atoms with Gasteiger partial charge in [0.2, 0.25) is 0 Å².